The molecular formula is C10H19N5. The summed E-state index contributed by atoms with van der Waals surface area (Å²) in [6.45, 7) is 4.35. The zero-order chi connectivity index (χ0) is 11.3. The summed E-state index contributed by atoms with van der Waals surface area (Å²) in [5, 5.41) is 0. The van der Waals surface area contributed by atoms with Gasteiger partial charge in [0.2, 0.25) is 5.95 Å². The molecule has 0 bridgehead atoms. The summed E-state index contributed by atoms with van der Waals surface area (Å²) < 4.78 is 0. The predicted octanol–water partition coefficient (Wildman–Crippen LogP) is 1.39. The molecule has 5 heteroatoms. The van der Waals surface area contributed by atoms with Gasteiger partial charge in [-0.15, -0.1) is 0 Å². The Morgan fingerprint density at radius 1 is 1.47 bits per heavy atom. The van der Waals surface area contributed by atoms with E-state index in [1.54, 1.807) is 6.20 Å². The number of hydrogen-bond acceptors (Lipinski definition) is 5. The molecule has 1 heterocycles. The largest absolute Gasteiger partial charge is 0.357 e. The highest BCUT2D eigenvalue weighted by molar-refractivity contribution is 5.42. The Bertz CT molecular complexity index is 298. The summed E-state index contributed by atoms with van der Waals surface area (Å²) in [5.74, 6) is 6.61. The zero-order valence-corrected chi connectivity index (χ0v) is 9.57. The molecule has 0 atom stereocenters. The molecule has 0 aromatic carbocycles. The number of rotatable bonds is 5. The van der Waals surface area contributed by atoms with Gasteiger partial charge in [-0.05, 0) is 18.9 Å². The first-order valence-electron chi connectivity index (χ1n) is 5.25. The minimum Gasteiger partial charge on any atom is -0.357 e. The minimum atomic E-state index is 0.449. The van der Waals surface area contributed by atoms with Gasteiger partial charge in [0.15, 0.2) is 0 Å². The lowest BCUT2D eigenvalue weighted by atomic mass is 10.1. The molecule has 0 unspecified atom stereocenters. The lowest BCUT2D eigenvalue weighted by Crippen LogP contribution is -2.31. The second kappa shape index (κ2) is 5.50. The number of nitrogens with zero attached hydrogens (tertiary/aromatic N) is 3. The smallest absolute Gasteiger partial charge is 0.239 e. The van der Waals surface area contributed by atoms with Gasteiger partial charge in [-0.3, -0.25) is 5.43 Å². The number of anilines is 2. The highest BCUT2D eigenvalue weighted by Crippen LogP contribution is 2.16. The highest BCUT2D eigenvalue weighted by atomic mass is 15.3. The van der Waals surface area contributed by atoms with Gasteiger partial charge in [0.05, 0.1) is 0 Å². The van der Waals surface area contributed by atoms with Crippen molar-refractivity contribution in [3.8, 4) is 0 Å². The maximum absolute atomic E-state index is 5.27. The molecule has 0 aliphatic carbocycles. The molecule has 0 radical (unpaired) electrons. The monoisotopic (exact) mass is 209 g/mol. The van der Waals surface area contributed by atoms with Crippen molar-refractivity contribution in [1.29, 1.82) is 0 Å². The molecule has 0 aliphatic rings. The molecule has 1 aromatic rings. The fraction of sp³-hybridized carbons (Fsp3) is 0.600. The van der Waals surface area contributed by atoms with Crippen LogP contribution in [0.1, 0.15) is 26.7 Å². The van der Waals surface area contributed by atoms with Crippen LogP contribution >= 0.6 is 0 Å². The van der Waals surface area contributed by atoms with Crippen LogP contribution in [0.2, 0.25) is 0 Å². The molecule has 15 heavy (non-hydrogen) atoms. The molecule has 3 N–H and O–H groups in total. The quantitative estimate of drug-likeness (QED) is 0.566. The second-order valence-electron chi connectivity index (χ2n) is 3.46. The predicted molar refractivity (Wildman–Crippen MR) is 62.6 cm³/mol. The van der Waals surface area contributed by atoms with Crippen molar-refractivity contribution in [1.82, 2.24) is 9.97 Å². The Hall–Kier alpha value is -1.36. The van der Waals surface area contributed by atoms with Gasteiger partial charge in [-0.1, -0.05) is 13.8 Å². The van der Waals surface area contributed by atoms with Gasteiger partial charge < -0.3 is 4.90 Å². The third-order valence-electron chi connectivity index (χ3n) is 2.62. The van der Waals surface area contributed by atoms with E-state index in [2.05, 4.69) is 34.1 Å². The van der Waals surface area contributed by atoms with E-state index < -0.39 is 0 Å². The van der Waals surface area contributed by atoms with Crippen LogP contribution in [0.4, 0.5) is 11.8 Å². The van der Waals surface area contributed by atoms with E-state index in [-0.39, 0.29) is 0 Å². The standard InChI is InChI=1S/C10H19N5/c1-4-8(5-2)15(3)9-6-7-12-10(13-9)14-11/h6-8H,4-5,11H2,1-3H3,(H,12,13,14). The molecule has 0 spiro atoms. The average Bonchev–Trinajstić information content (AvgIpc) is 2.30. The van der Waals surface area contributed by atoms with Crippen molar-refractivity contribution in [2.24, 2.45) is 5.84 Å². The molecular weight excluding hydrogens is 190 g/mol. The lowest BCUT2D eigenvalue weighted by molar-refractivity contribution is 0.586. The average molecular weight is 209 g/mol. The summed E-state index contributed by atoms with van der Waals surface area (Å²) in [6, 6.07) is 2.39. The third kappa shape index (κ3) is 2.79. The first-order valence-corrected chi connectivity index (χ1v) is 5.25. The number of nitrogen functional groups attached to an aromatic ring is 1. The van der Waals surface area contributed by atoms with Crippen LogP contribution in [0.5, 0.6) is 0 Å². The van der Waals surface area contributed by atoms with Crippen LogP contribution in [-0.2, 0) is 0 Å². The summed E-state index contributed by atoms with van der Waals surface area (Å²) in [5.41, 5.74) is 2.45. The van der Waals surface area contributed by atoms with Crippen LogP contribution < -0.4 is 16.2 Å². The van der Waals surface area contributed by atoms with Crippen molar-refractivity contribution in [3.63, 3.8) is 0 Å². The molecule has 84 valence electrons. The maximum atomic E-state index is 5.27. The van der Waals surface area contributed by atoms with Crippen molar-refractivity contribution in [3.05, 3.63) is 12.3 Å². The SMILES string of the molecule is CCC(CC)N(C)c1ccnc(NN)n1. The van der Waals surface area contributed by atoms with Gasteiger partial charge in [-0.25, -0.2) is 10.8 Å². The van der Waals surface area contributed by atoms with Gasteiger partial charge in [0.1, 0.15) is 5.82 Å². The fourth-order valence-electron chi connectivity index (χ4n) is 1.64. The second-order valence-corrected chi connectivity index (χ2v) is 3.46. The van der Waals surface area contributed by atoms with E-state index in [4.69, 9.17) is 5.84 Å². The van der Waals surface area contributed by atoms with Crippen LogP contribution in [0.15, 0.2) is 12.3 Å². The van der Waals surface area contributed by atoms with E-state index in [1.807, 2.05) is 13.1 Å². The molecule has 0 saturated carbocycles. The van der Waals surface area contributed by atoms with Gasteiger partial charge in [0.25, 0.3) is 0 Å². The van der Waals surface area contributed by atoms with Gasteiger partial charge in [-0.2, -0.15) is 4.98 Å². The Labute approximate surface area is 90.7 Å². The first kappa shape index (κ1) is 11.7. The molecule has 0 amide bonds. The molecule has 0 aliphatic heterocycles. The Morgan fingerprint density at radius 3 is 2.67 bits per heavy atom. The third-order valence-corrected chi connectivity index (χ3v) is 2.62. The summed E-state index contributed by atoms with van der Waals surface area (Å²) in [6.07, 6.45) is 3.90. The number of hydrogen-bond donors (Lipinski definition) is 2. The summed E-state index contributed by atoms with van der Waals surface area (Å²) in [7, 11) is 2.04. The lowest BCUT2D eigenvalue weighted by Gasteiger charge is -2.27. The highest BCUT2D eigenvalue weighted by Gasteiger charge is 2.12. The normalized spacial score (nSPS) is 10.5. The summed E-state index contributed by atoms with van der Waals surface area (Å²) in [4.78, 5) is 10.4. The molecule has 1 aromatic heterocycles. The van der Waals surface area contributed by atoms with Crippen LogP contribution in [-0.4, -0.2) is 23.1 Å². The Kier molecular flexibility index (Phi) is 4.30. The van der Waals surface area contributed by atoms with Crippen molar-refractivity contribution < 1.29 is 0 Å². The number of hydrazine groups is 1. The van der Waals surface area contributed by atoms with E-state index in [1.165, 1.54) is 0 Å². The van der Waals surface area contributed by atoms with Crippen molar-refractivity contribution in [2.45, 2.75) is 32.7 Å². The zero-order valence-electron chi connectivity index (χ0n) is 9.57. The van der Waals surface area contributed by atoms with E-state index in [9.17, 15) is 0 Å². The minimum absolute atomic E-state index is 0.449. The molecule has 1 rings (SSSR count). The van der Waals surface area contributed by atoms with E-state index in [0.29, 0.717) is 12.0 Å². The molecule has 0 saturated heterocycles. The van der Waals surface area contributed by atoms with Crippen LogP contribution in [0.25, 0.3) is 0 Å². The number of nitrogens with one attached hydrogen (secondary N) is 1. The topological polar surface area (TPSA) is 67.1 Å². The first-order chi connectivity index (χ1) is 7.22. The van der Waals surface area contributed by atoms with E-state index >= 15 is 0 Å². The Morgan fingerprint density at radius 2 is 2.13 bits per heavy atom. The molecule has 5 nitrogen and oxygen atoms in total. The van der Waals surface area contributed by atoms with Crippen LogP contribution in [0, 0.1) is 0 Å². The van der Waals surface area contributed by atoms with Crippen molar-refractivity contribution in [2.75, 3.05) is 17.4 Å². The molecule has 0 fully saturated rings. The van der Waals surface area contributed by atoms with Gasteiger partial charge >= 0.3 is 0 Å². The van der Waals surface area contributed by atoms with E-state index in [0.717, 1.165) is 18.7 Å². The fourth-order valence-corrected chi connectivity index (χ4v) is 1.64. The van der Waals surface area contributed by atoms with Gasteiger partial charge in [0, 0.05) is 19.3 Å². The number of nitrogens with two attached hydrogens (primary N) is 1. The number of aromatic nitrogens is 2. The summed E-state index contributed by atoms with van der Waals surface area (Å²) >= 11 is 0. The van der Waals surface area contributed by atoms with Crippen molar-refractivity contribution >= 4 is 11.8 Å². The van der Waals surface area contributed by atoms with Crippen LogP contribution in [0.3, 0.4) is 0 Å². The maximum Gasteiger partial charge on any atom is 0.239 e. The Balaban J connectivity index is 2.84.